The Morgan fingerprint density at radius 2 is 2.12 bits per heavy atom. The molecule has 3 heteroatoms. The van der Waals surface area contributed by atoms with E-state index in [1.165, 1.54) is 12.8 Å². The monoisotopic (exact) mass is 253 g/mol. The molecule has 1 atom stereocenters. The summed E-state index contributed by atoms with van der Waals surface area (Å²) in [7, 11) is 0. The first-order valence-corrected chi connectivity index (χ1v) is 6.55. The fraction of sp³-hybridized carbons (Fsp3) is 0.571. The smallest absolute Gasteiger partial charge is 0.120 e. The van der Waals surface area contributed by atoms with E-state index < -0.39 is 0 Å². The van der Waals surface area contributed by atoms with Crippen LogP contribution in [0.3, 0.4) is 0 Å². The van der Waals surface area contributed by atoms with Gasteiger partial charge in [-0.25, -0.2) is 0 Å². The molecule has 0 amide bonds. The molecule has 0 saturated carbocycles. The van der Waals surface area contributed by atoms with Gasteiger partial charge in [0.2, 0.25) is 0 Å². The molecular weight excluding hydrogens is 234 g/mol. The van der Waals surface area contributed by atoms with Gasteiger partial charge in [-0.05, 0) is 58.4 Å². The Balaban J connectivity index is 2.30. The van der Waals surface area contributed by atoms with Crippen LogP contribution in [0.2, 0.25) is 5.02 Å². The van der Waals surface area contributed by atoms with E-state index in [4.69, 9.17) is 11.6 Å². The lowest BCUT2D eigenvalue weighted by Gasteiger charge is -2.37. The second-order valence-electron chi connectivity index (χ2n) is 5.49. The van der Waals surface area contributed by atoms with Crippen molar-refractivity contribution < 1.29 is 5.11 Å². The van der Waals surface area contributed by atoms with Crippen LogP contribution in [0.5, 0.6) is 5.75 Å². The summed E-state index contributed by atoms with van der Waals surface area (Å²) < 4.78 is 0. The van der Waals surface area contributed by atoms with Crippen molar-refractivity contribution in [2.24, 2.45) is 0 Å². The molecule has 1 aliphatic heterocycles. The van der Waals surface area contributed by atoms with Gasteiger partial charge in [0.15, 0.2) is 0 Å². The highest BCUT2D eigenvalue weighted by Gasteiger charge is 2.36. The summed E-state index contributed by atoms with van der Waals surface area (Å²) in [5, 5.41) is 10.6. The Hall–Kier alpha value is -0.730. The normalized spacial score (nSPS) is 21.6. The highest BCUT2D eigenvalue weighted by molar-refractivity contribution is 6.30. The van der Waals surface area contributed by atoms with Gasteiger partial charge in [0.1, 0.15) is 5.75 Å². The van der Waals surface area contributed by atoms with E-state index in [0.717, 1.165) is 12.1 Å². The second kappa shape index (κ2) is 4.51. The van der Waals surface area contributed by atoms with Crippen molar-refractivity contribution in [3.8, 4) is 5.75 Å². The van der Waals surface area contributed by atoms with Crippen LogP contribution in [-0.4, -0.2) is 22.1 Å². The molecule has 1 aromatic rings. The molecule has 1 unspecified atom stereocenters. The van der Waals surface area contributed by atoms with Crippen LogP contribution in [-0.2, 0) is 0 Å². The number of phenols is 1. The van der Waals surface area contributed by atoms with Crippen molar-refractivity contribution in [1.29, 1.82) is 0 Å². The molecule has 0 aromatic heterocycles. The molecule has 1 aromatic carbocycles. The molecule has 2 nitrogen and oxygen atoms in total. The van der Waals surface area contributed by atoms with E-state index in [0.29, 0.717) is 10.8 Å². The summed E-state index contributed by atoms with van der Waals surface area (Å²) in [5.41, 5.74) is 1.13. The number of halogens is 1. The standard InChI is InChI=1S/C14H20ClNO/c1-10(16-8-4-7-14(16,2)3)12-9-11(15)5-6-13(12)17/h5-6,9-10,17H,4,7-8H2,1-3H3. The van der Waals surface area contributed by atoms with E-state index in [1.54, 1.807) is 12.1 Å². The Morgan fingerprint density at radius 3 is 2.71 bits per heavy atom. The topological polar surface area (TPSA) is 23.5 Å². The molecule has 1 fully saturated rings. The minimum atomic E-state index is 0.200. The third kappa shape index (κ3) is 2.43. The number of phenolic OH excluding ortho intramolecular Hbond substituents is 1. The Bertz CT molecular complexity index is 417. The van der Waals surface area contributed by atoms with Crippen LogP contribution >= 0.6 is 11.6 Å². The maximum Gasteiger partial charge on any atom is 0.120 e. The van der Waals surface area contributed by atoms with Crippen molar-refractivity contribution in [2.45, 2.75) is 45.2 Å². The Labute approximate surface area is 108 Å². The fourth-order valence-electron chi connectivity index (χ4n) is 2.87. The lowest BCUT2D eigenvalue weighted by molar-refractivity contribution is 0.123. The Morgan fingerprint density at radius 1 is 1.41 bits per heavy atom. The minimum absolute atomic E-state index is 0.200. The van der Waals surface area contributed by atoms with E-state index >= 15 is 0 Å². The van der Waals surface area contributed by atoms with Crippen LogP contribution in [0.15, 0.2) is 18.2 Å². The molecule has 0 radical (unpaired) electrons. The van der Waals surface area contributed by atoms with E-state index in [9.17, 15) is 5.11 Å². The predicted molar refractivity (Wildman–Crippen MR) is 71.6 cm³/mol. The van der Waals surface area contributed by atoms with Gasteiger partial charge in [0, 0.05) is 22.2 Å². The van der Waals surface area contributed by atoms with Gasteiger partial charge in [-0.2, -0.15) is 0 Å². The van der Waals surface area contributed by atoms with E-state index in [-0.39, 0.29) is 11.6 Å². The molecule has 1 saturated heterocycles. The highest BCUT2D eigenvalue weighted by Crippen LogP contribution is 2.39. The van der Waals surface area contributed by atoms with Crippen molar-refractivity contribution in [2.75, 3.05) is 6.54 Å². The van der Waals surface area contributed by atoms with E-state index in [2.05, 4.69) is 25.7 Å². The fourth-order valence-corrected chi connectivity index (χ4v) is 3.05. The molecule has 1 aliphatic rings. The number of rotatable bonds is 2. The molecular formula is C14H20ClNO. The third-order valence-electron chi connectivity index (χ3n) is 3.87. The number of aromatic hydroxyl groups is 1. The van der Waals surface area contributed by atoms with Crippen molar-refractivity contribution in [3.63, 3.8) is 0 Å². The summed E-state index contributed by atoms with van der Waals surface area (Å²) in [6.07, 6.45) is 2.43. The zero-order chi connectivity index (χ0) is 12.6. The summed E-state index contributed by atoms with van der Waals surface area (Å²) in [6, 6.07) is 5.47. The van der Waals surface area contributed by atoms with Crippen molar-refractivity contribution >= 4 is 11.6 Å². The maximum atomic E-state index is 9.95. The SMILES string of the molecule is CC(c1cc(Cl)ccc1O)N1CCCC1(C)C. The first kappa shape index (κ1) is 12.7. The number of nitrogens with zero attached hydrogens (tertiary/aromatic N) is 1. The molecule has 2 rings (SSSR count). The first-order valence-electron chi connectivity index (χ1n) is 6.17. The number of likely N-dealkylation sites (tertiary alicyclic amines) is 1. The van der Waals surface area contributed by atoms with Crippen LogP contribution in [0.25, 0.3) is 0 Å². The van der Waals surface area contributed by atoms with Gasteiger partial charge in [-0.15, -0.1) is 0 Å². The lowest BCUT2D eigenvalue weighted by atomic mass is 9.98. The molecule has 0 aliphatic carbocycles. The molecule has 94 valence electrons. The highest BCUT2D eigenvalue weighted by atomic mass is 35.5. The number of hydrogen-bond donors (Lipinski definition) is 1. The quantitative estimate of drug-likeness (QED) is 0.862. The van der Waals surface area contributed by atoms with Gasteiger partial charge in [0.05, 0.1) is 0 Å². The summed E-state index contributed by atoms with van der Waals surface area (Å²) in [5.74, 6) is 0.338. The van der Waals surface area contributed by atoms with Crippen LogP contribution < -0.4 is 0 Å². The predicted octanol–water partition coefficient (Wildman–Crippen LogP) is 3.98. The summed E-state index contributed by atoms with van der Waals surface area (Å²) in [4.78, 5) is 2.44. The van der Waals surface area contributed by atoms with E-state index in [1.807, 2.05) is 6.07 Å². The lowest BCUT2D eigenvalue weighted by Crippen LogP contribution is -2.39. The summed E-state index contributed by atoms with van der Waals surface area (Å²) in [6.45, 7) is 7.74. The molecule has 1 N–H and O–H groups in total. The minimum Gasteiger partial charge on any atom is -0.508 e. The maximum absolute atomic E-state index is 9.95. The average Bonchev–Trinajstić information content (AvgIpc) is 2.61. The van der Waals surface area contributed by atoms with Crippen LogP contribution in [0.4, 0.5) is 0 Å². The van der Waals surface area contributed by atoms with Crippen molar-refractivity contribution in [1.82, 2.24) is 4.90 Å². The molecule has 0 spiro atoms. The summed E-state index contributed by atoms with van der Waals surface area (Å²) >= 11 is 6.01. The van der Waals surface area contributed by atoms with Gasteiger partial charge in [0.25, 0.3) is 0 Å². The number of hydrogen-bond acceptors (Lipinski definition) is 2. The second-order valence-corrected chi connectivity index (χ2v) is 5.92. The third-order valence-corrected chi connectivity index (χ3v) is 4.11. The zero-order valence-corrected chi connectivity index (χ0v) is 11.5. The molecule has 17 heavy (non-hydrogen) atoms. The van der Waals surface area contributed by atoms with Gasteiger partial charge in [-0.3, -0.25) is 4.90 Å². The number of benzene rings is 1. The zero-order valence-electron chi connectivity index (χ0n) is 10.7. The first-order chi connectivity index (χ1) is 7.92. The molecule has 0 bridgehead atoms. The average molecular weight is 254 g/mol. The largest absolute Gasteiger partial charge is 0.508 e. The molecule has 1 heterocycles. The van der Waals surface area contributed by atoms with Gasteiger partial charge < -0.3 is 5.11 Å². The van der Waals surface area contributed by atoms with Crippen LogP contribution in [0.1, 0.15) is 45.2 Å². The van der Waals surface area contributed by atoms with Gasteiger partial charge in [-0.1, -0.05) is 11.6 Å². The van der Waals surface area contributed by atoms with Crippen LogP contribution in [0, 0.1) is 0 Å². The van der Waals surface area contributed by atoms with Gasteiger partial charge >= 0.3 is 0 Å². The Kier molecular flexibility index (Phi) is 3.37. The van der Waals surface area contributed by atoms with Crippen molar-refractivity contribution in [3.05, 3.63) is 28.8 Å².